The number of allylic oxidation sites excluding steroid dienone is 2. The zero-order chi connectivity index (χ0) is 17.4. The van der Waals surface area contributed by atoms with Gasteiger partial charge in [0, 0.05) is 13.0 Å². The lowest BCUT2D eigenvalue weighted by Gasteiger charge is -2.22. The van der Waals surface area contributed by atoms with Gasteiger partial charge in [0.2, 0.25) is 0 Å². The summed E-state index contributed by atoms with van der Waals surface area (Å²) in [6, 6.07) is 0. The van der Waals surface area contributed by atoms with Crippen molar-refractivity contribution in [2.24, 2.45) is 5.92 Å². The Morgan fingerprint density at radius 2 is 2.21 bits per heavy atom. The molecular formula is C19H28O5. The van der Waals surface area contributed by atoms with E-state index >= 15 is 0 Å². The topological polar surface area (TPSA) is 61.8 Å². The predicted molar refractivity (Wildman–Crippen MR) is 90.4 cm³/mol. The van der Waals surface area contributed by atoms with Crippen molar-refractivity contribution in [3.8, 4) is 0 Å². The molecule has 1 aliphatic heterocycles. The molecule has 5 nitrogen and oxygen atoms in total. The number of hydrogen-bond acceptors (Lipinski definition) is 5. The highest BCUT2D eigenvalue weighted by Crippen LogP contribution is 2.29. The van der Waals surface area contributed by atoms with Crippen molar-refractivity contribution in [1.29, 1.82) is 0 Å². The number of Topliss-reactive ketones (excluding diaryl/α,β-unsaturated/α-hetero) is 1. The van der Waals surface area contributed by atoms with Gasteiger partial charge in [-0.15, -0.1) is 0 Å². The third-order valence-electron chi connectivity index (χ3n) is 4.56. The fraction of sp³-hybridized carbons (Fsp3) is 0.684. The molecule has 2 rings (SSSR count). The van der Waals surface area contributed by atoms with Crippen molar-refractivity contribution in [3.63, 3.8) is 0 Å². The van der Waals surface area contributed by atoms with Crippen LogP contribution < -0.4 is 0 Å². The maximum atomic E-state index is 11.8. The first-order valence-corrected chi connectivity index (χ1v) is 8.85. The van der Waals surface area contributed by atoms with Crippen LogP contribution >= 0.6 is 0 Å². The Balaban J connectivity index is 1.72. The van der Waals surface area contributed by atoms with Crippen molar-refractivity contribution in [1.82, 2.24) is 0 Å². The highest BCUT2D eigenvalue weighted by Gasteiger charge is 2.28. The monoisotopic (exact) mass is 336 g/mol. The minimum atomic E-state index is -0.489. The lowest BCUT2D eigenvalue weighted by atomic mass is 9.98. The van der Waals surface area contributed by atoms with Crippen LogP contribution in [0.2, 0.25) is 0 Å². The average Bonchev–Trinajstić information content (AvgIpc) is 2.98. The third-order valence-corrected chi connectivity index (χ3v) is 4.56. The molecule has 0 aromatic carbocycles. The molecule has 0 amide bonds. The molecular weight excluding hydrogens is 308 g/mol. The molecule has 0 spiro atoms. The van der Waals surface area contributed by atoms with E-state index in [4.69, 9.17) is 14.2 Å². The summed E-state index contributed by atoms with van der Waals surface area (Å²) in [5.74, 6) is -0.208. The van der Waals surface area contributed by atoms with E-state index in [2.05, 4.69) is 13.0 Å². The van der Waals surface area contributed by atoms with Gasteiger partial charge in [-0.2, -0.15) is 0 Å². The second kappa shape index (κ2) is 9.74. The third kappa shape index (κ3) is 5.56. The van der Waals surface area contributed by atoms with Gasteiger partial charge in [-0.1, -0.05) is 24.6 Å². The molecule has 0 radical (unpaired) electrons. The standard InChI is InChI=1S/C19H28O5/c1-14(6-5-13-24-17-7-3-4-12-23-17)8-9-15-10-11-16(20)18(15)19(21)22-2/h5-6,14,17H,3-4,7-13H2,1-2H3/b6-5+. The smallest absolute Gasteiger partial charge is 0.341 e. The molecule has 1 fully saturated rings. The van der Waals surface area contributed by atoms with Gasteiger partial charge in [-0.3, -0.25) is 4.79 Å². The summed E-state index contributed by atoms with van der Waals surface area (Å²) >= 11 is 0. The Morgan fingerprint density at radius 3 is 2.92 bits per heavy atom. The van der Waals surface area contributed by atoms with Crippen LogP contribution in [0.5, 0.6) is 0 Å². The zero-order valence-corrected chi connectivity index (χ0v) is 14.7. The van der Waals surface area contributed by atoms with E-state index < -0.39 is 5.97 Å². The molecule has 0 bridgehead atoms. The number of carbonyl (C=O) groups is 2. The van der Waals surface area contributed by atoms with Crippen molar-refractivity contribution in [2.75, 3.05) is 20.3 Å². The molecule has 5 heteroatoms. The van der Waals surface area contributed by atoms with E-state index in [-0.39, 0.29) is 17.6 Å². The minimum Gasteiger partial charge on any atom is -0.465 e. The number of ether oxygens (including phenoxy) is 3. The normalized spacial score (nSPS) is 23.1. The van der Waals surface area contributed by atoms with Crippen LogP contribution in [-0.4, -0.2) is 38.4 Å². The van der Waals surface area contributed by atoms with E-state index in [9.17, 15) is 9.59 Å². The summed E-state index contributed by atoms with van der Waals surface area (Å²) in [4.78, 5) is 23.5. The zero-order valence-electron chi connectivity index (χ0n) is 14.7. The summed E-state index contributed by atoms with van der Waals surface area (Å²) < 4.78 is 15.9. The summed E-state index contributed by atoms with van der Waals surface area (Å²) in [5, 5.41) is 0. The van der Waals surface area contributed by atoms with Crippen LogP contribution in [0.3, 0.4) is 0 Å². The van der Waals surface area contributed by atoms with E-state index in [1.54, 1.807) is 0 Å². The molecule has 1 heterocycles. The first-order chi connectivity index (χ1) is 11.6. The molecule has 0 saturated carbocycles. The van der Waals surface area contributed by atoms with Crippen LogP contribution in [0, 0.1) is 5.92 Å². The molecule has 2 aliphatic rings. The number of rotatable bonds is 8. The molecule has 1 saturated heterocycles. The molecule has 0 aromatic rings. The van der Waals surface area contributed by atoms with E-state index in [1.165, 1.54) is 13.5 Å². The maximum absolute atomic E-state index is 11.8. The van der Waals surface area contributed by atoms with Gasteiger partial charge in [-0.25, -0.2) is 4.79 Å². The fourth-order valence-corrected chi connectivity index (χ4v) is 3.11. The Hall–Kier alpha value is -1.46. The quantitative estimate of drug-likeness (QED) is 0.386. The number of hydrogen-bond donors (Lipinski definition) is 0. The highest BCUT2D eigenvalue weighted by atomic mass is 16.7. The largest absolute Gasteiger partial charge is 0.465 e. The average molecular weight is 336 g/mol. The SMILES string of the molecule is COC(=O)C1=C(CCC(C)/C=C/COC2CCCCO2)CCC1=O. The fourth-order valence-electron chi connectivity index (χ4n) is 3.11. The van der Waals surface area contributed by atoms with E-state index in [1.807, 2.05) is 6.08 Å². The van der Waals surface area contributed by atoms with Crippen LogP contribution in [0.15, 0.2) is 23.3 Å². The molecule has 0 aromatic heterocycles. The van der Waals surface area contributed by atoms with Gasteiger partial charge < -0.3 is 14.2 Å². The molecule has 1 aliphatic carbocycles. The number of methoxy groups -OCH3 is 1. The Labute approximate surface area is 144 Å². The first-order valence-electron chi connectivity index (χ1n) is 8.85. The number of esters is 1. The van der Waals surface area contributed by atoms with Gasteiger partial charge >= 0.3 is 5.97 Å². The Morgan fingerprint density at radius 1 is 1.38 bits per heavy atom. The highest BCUT2D eigenvalue weighted by molar-refractivity contribution is 6.19. The lowest BCUT2D eigenvalue weighted by molar-refractivity contribution is -0.155. The van der Waals surface area contributed by atoms with Crippen molar-refractivity contribution in [2.45, 2.75) is 58.2 Å². The maximum Gasteiger partial charge on any atom is 0.341 e. The second-order valence-corrected chi connectivity index (χ2v) is 6.47. The van der Waals surface area contributed by atoms with Crippen LogP contribution in [0.4, 0.5) is 0 Å². The van der Waals surface area contributed by atoms with Crippen molar-refractivity contribution >= 4 is 11.8 Å². The van der Waals surface area contributed by atoms with Crippen LogP contribution in [0.25, 0.3) is 0 Å². The van der Waals surface area contributed by atoms with Gasteiger partial charge in [0.25, 0.3) is 0 Å². The Bertz CT molecular complexity index is 500. The molecule has 134 valence electrons. The van der Waals surface area contributed by atoms with E-state index in [0.29, 0.717) is 25.4 Å². The van der Waals surface area contributed by atoms with Gasteiger partial charge in [-0.05, 0) is 44.4 Å². The predicted octanol–water partition coefficient (Wildman–Crippen LogP) is 3.33. The minimum absolute atomic E-state index is 0.0593. The summed E-state index contributed by atoms with van der Waals surface area (Å²) in [6.45, 7) is 3.48. The Kier molecular flexibility index (Phi) is 7.66. The van der Waals surface area contributed by atoms with Crippen LogP contribution in [-0.2, 0) is 23.8 Å². The lowest BCUT2D eigenvalue weighted by Crippen LogP contribution is -2.22. The van der Waals surface area contributed by atoms with Crippen molar-refractivity contribution < 1.29 is 23.8 Å². The van der Waals surface area contributed by atoms with Crippen molar-refractivity contribution in [3.05, 3.63) is 23.3 Å². The molecule has 2 atom stereocenters. The van der Waals surface area contributed by atoms with Gasteiger partial charge in [0.1, 0.15) is 5.57 Å². The summed E-state index contributed by atoms with van der Waals surface area (Å²) in [5.41, 5.74) is 1.23. The number of carbonyl (C=O) groups excluding carboxylic acids is 2. The second-order valence-electron chi connectivity index (χ2n) is 6.47. The molecule has 2 unspecified atom stereocenters. The summed E-state index contributed by atoms with van der Waals surface area (Å²) in [6.07, 6.45) is 10.1. The van der Waals surface area contributed by atoms with E-state index in [0.717, 1.165) is 37.9 Å². The molecule has 0 N–H and O–H groups in total. The van der Waals surface area contributed by atoms with Gasteiger partial charge in [0.05, 0.1) is 13.7 Å². The summed E-state index contributed by atoms with van der Waals surface area (Å²) in [7, 11) is 1.32. The van der Waals surface area contributed by atoms with Gasteiger partial charge in [0.15, 0.2) is 12.1 Å². The first kappa shape index (κ1) is 18.9. The number of ketones is 1. The van der Waals surface area contributed by atoms with Crippen LogP contribution in [0.1, 0.15) is 51.9 Å². The molecule has 24 heavy (non-hydrogen) atoms.